The molecular formula is C7H8N3O3-. The van der Waals surface area contributed by atoms with Crippen LogP contribution in [0.1, 0.15) is 5.69 Å². The van der Waals surface area contributed by atoms with E-state index in [1.54, 1.807) is 6.92 Å². The summed E-state index contributed by atoms with van der Waals surface area (Å²) in [5, 5.41) is 10.0. The number of aliphatic carboxylic acids is 1. The zero-order chi connectivity index (χ0) is 9.84. The molecule has 0 radical (unpaired) electrons. The molecule has 0 saturated carbocycles. The summed E-state index contributed by atoms with van der Waals surface area (Å²) >= 11 is 0. The van der Waals surface area contributed by atoms with Crippen molar-refractivity contribution in [2.45, 2.75) is 6.92 Å². The van der Waals surface area contributed by atoms with Gasteiger partial charge in [-0.05, 0) is 6.92 Å². The van der Waals surface area contributed by atoms with Gasteiger partial charge < -0.3 is 20.4 Å². The molecule has 6 nitrogen and oxygen atoms in total. The van der Waals surface area contributed by atoms with Gasteiger partial charge in [0.1, 0.15) is 6.61 Å². The Labute approximate surface area is 74.4 Å². The fourth-order valence-electron chi connectivity index (χ4n) is 0.769. The van der Waals surface area contributed by atoms with Gasteiger partial charge in [0.05, 0.1) is 5.97 Å². The van der Waals surface area contributed by atoms with Crippen molar-refractivity contribution in [3.05, 3.63) is 11.8 Å². The van der Waals surface area contributed by atoms with E-state index >= 15 is 0 Å². The molecule has 0 atom stereocenters. The molecule has 2 N–H and O–H groups in total. The van der Waals surface area contributed by atoms with Crippen LogP contribution in [-0.2, 0) is 4.79 Å². The van der Waals surface area contributed by atoms with E-state index in [9.17, 15) is 9.90 Å². The first-order valence-electron chi connectivity index (χ1n) is 3.52. The fourth-order valence-corrected chi connectivity index (χ4v) is 0.769. The number of nitrogen functional groups attached to an aromatic ring is 1. The first kappa shape index (κ1) is 9.24. The van der Waals surface area contributed by atoms with Crippen LogP contribution in [0.4, 0.5) is 5.95 Å². The predicted octanol–water partition coefficient (Wildman–Crippen LogP) is -1.50. The molecule has 70 valence electrons. The van der Waals surface area contributed by atoms with Gasteiger partial charge in [0.2, 0.25) is 11.8 Å². The largest absolute Gasteiger partial charge is 0.546 e. The predicted molar refractivity (Wildman–Crippen MR) is 41.7 cm³/mol. The number of carboxylic acids is 1. The number of nitrogens with two attached hydrogens (primary N) is 1. The van der Waals surface area contributed by atoms with Gasteiger partial charge in [-0.25, -0.2) is 4.98 Å². The number of carbonyl (C=O) groups excluding carboxylic acids is 1. The maximum atomic E-state index is 10.0. The van der Waals surface area contributed by atoms with Crippen molar-refractivity contribution < 1.29 is 14.6 Å². The molecule has 0 spiro atoms. The molecule has 1 rings (SSSR count). The lowest BCUT2D eigenvalue weighted by atomic mass is 10.4. The number of hydrogen-bond donors (Lipinski definition) is 1. The van der Waals surface area contributed by atoms with E-state index in [0.717, 1.165) is 0 Å². The van der Waals surface area contributed by atoms with Gasteiger partial charge in [-0.1, -0.05) is 0 Å². The monoisotopic (exact) mass is 182 g/mol. The Morgan fingerprint density at radius 3 is 2.92 bits per heavy atom. The molecule has 1 aromatic heterocycles. The molecule has 0 fully saturated rings. The molecule has 0 saturated heterocycles. The minimum absolute atomic E-state index is 0.0494. The molecule has 1 aromatic rings. The lowest BCUT2D eigenvalue weighted by Crippen LogP contribution is -2.29. The van der Waals surface area contributed by atoms with Crippen LogP contribution in [0.3, 0.4) is 0 Å². The molecule has 1 heterocycles. The quantitative estimate of drug-likeness (QED) is 0.610. The lowest BCUT2D eigenvalue weighted by molar-refractivity contribution is -0.307. The van der Waals surface area contributed by atoms with E-state index in [1.807, 2.05) is 0 Å². The Bertz CT molecular complexity index is 307. The summed E-state index contributed by atoms with van der Waals surface area (Å²) in [6.45, 7) is 1.15. The molecule has 0 unspecified atom stereocenters. The number of carbonyl (C=O) groups is 1. The number of hydrogen-bond acceptors (Lipinski definition) is 6. The Balaban J connectivity index is 2.71. The molecule has 0 bridgehead atoms. The van der Waals surface area contributed by atoms with Crippen LogP contribution in [0.15, 0.2) is 6.07 Å². The molecule has 13 heavy (non-hydrogen) atoms. The van der Waals surface area contributed by atoms with Crippen LogP contribution >= 0.6 is 0 Å². The molecule has 0 aliphatic rings. The van der Waals surface area contributed by atoms with Crippen molar-refractivity contribution >= 4 is 11.9 Å². The first-order valence-corrected chi connectivity index (χ1v) is 3.52. The third-order valence-electron chi connectivity index (χ3n) is 1.19. The van der Waals surface area contributed by atoms with Crippen LogP contribution in [0.25, 0.3) is 0 Å². The second-order valence-electron chi connectivity index (χ2n) is 2.37. The highest BCUT2D eigenvalue weighted by molar-refractivity contribution is 5.65. The molecule has 0 aliphatic carbocycles. The zero-order valence-electron chi connectivity index (χ0n) is 6.98. The van der Waals surface area contributed by atoms with E-state index in [2.05, 4.69) is 9.97 Å². The van der Waals surface area contributed by atoms with Crippen molar-refractivity contribution in [1.29, 1.82) is 0 Å². The van der Waals surface area contributed by atoms with Crippen LogP contribution in [0, 0.1) is 6.92 Å². The van der Waals surface area contributed by atoms with Gasteiger partial charge in [-0.3, -0.25) is 0 Å². The van der Waals surface area contributed by atoms with Crippen molar-refractivity contribution in [2.75, 3.05) is 12.3 Å². The fraction of sp³-hybridized carbons (Fsp3) is 0.286. The summed E-state index contributed by atoms with van der Waals surface area (Å²) in [7, 11) is 0. The third kappa shape index (κ3) is 2.94. The van der Waals surface area contributed by atoms with Crippen LogP contribution in [0.5, 0.6) is 5.88 Å². The second-order valence-corrected chi connectivity index (χ2v) is 2.37. The molecule has 0 aromatic carbocycles. The van der Waals surface area contributed by atoms with Crippen molar-refractivity contribution in [2.24, 2.45) is 0 Å². The Hall–Kier alpha value is -1.85. The smallest absolute Gasteiger partial charge is 0.223 e. The summed E-state index contributed by atoms with van der Waals surface area (Å²) in [5.41, 5.74) is 5.91. The first-order chi connectivity index (χ1) is 6.08. The number of carboxylic acid groups (broad SMARTS) is 1. The minimum Gasteiger partial charge on any atom is -0.546 e. The Morgan fingerprint density at radius 1 is 1.69 bits per heavy atom. The zero-order valence-corrected chi connectivity index (χ0v) is 6.98. The molecular weight excluding hydrogens is 174 g/mol. The minimum atomic E-state index is -1.31. The number of aryl methyl sites for hydroxylation is 1. The average molecular weight is 182 g/mol. The summed E-state index contributed by atoms with van der Waals surface area (Å²) in [4.78, 5) is 17.5. The van der Waals surface area contributed by atoms with Crippen LogP contribution < -0.4 is 15.6 Å². The van der Waals surface area contributed by atoms with Gasteiger partial charge in [0.25, 0.3) is 0 Å². The van der Waals surface area contributed by atoms with Gasteiger partial charge in [-0.2, -0.15) is 4.98 Å². The number of nitrogens with zero attached hydrogens (tertiary/aromatic N) is 2. The average Bonchev–Trinajstić information content (AvgIpc) is 1.99. The van der Waals surface area contributed by atoms with Crippen LogP contribution in [0.2, 0.25) is 0 Å². The standard InChI is InChI=1S/C7H9N3O3/c1-4-2-5(10-7(8)9-4)13-3-6(11)12/h2H,3H2,1H3,(H,11,12)(H2,8,9,10)/p-1. The van der Waals surface area contributed by atoms with E-state index in [4.69, 9.17) is 10.5 Å². The lowest BCUT2D eigenvalue weighted by Gasteiger charge is -2.06. The summed E-state index contributed by atoms with van der Waals surface area (Å²) in [6, 6.07) is 1.49. The van der Waals surface area contributed by atoms with Crippen molar-refractivity contribution in [3.8, 4) is 5.88 Å². The molecule has 6 heteroatoms. The molecule has 0 aliphatic heterocycles. The number of ether oxygens (including phenoxy) is 1. The highest BCUT2D eigenvalue weighted by Crippen LogP contribution is 2.08. The summed E-state index contributed by atoms with van der Waals surface area (Å²) < 4.78 is 4.74. The summed E-state index contributed by atoms with van der Waals surface area (Å²) in [6.07, 6.45) is 0. The number of anilines is 1. The van der Waals surface area contributed by atoms with E-state index in [1.165, 1.54) is 6.07 Å². The van der Waals surface area contributed by atoms with E-state index in [0.29, 0.717) is 5.69 Å². The number of aromatic nitrogens is 2. The van der Waals surface area contributed by atoms with Crippen molar-refractivity contribution in [3.63, 3.8) is 0 Å². The van der Waals surface area contributed by atoms with Gasteiger partial charge in [0, 0.05) is 11.8 Å². The van der Waals surface area contributed by atoms with E-state index in [-0.39, 0.29) is 11.8 Å². The van der Waals surface area contributed by atoms with Crippen molar-refractivity contribution in [1.82, 2.24) is 9.97 Å². The van der Waals surface area contributed by atoms with Crippen LogP contribution in [-0.4, -0.2) is 22.5 Å². The Kier molecular flexibility index (Phi) is 2.63. The third-order valence-corrected chi connectivity index (χ3v) is 1.19. The SMILES string of the molecule is Cc1cc(OCC(=O)[O-])nc(N)n1. The maximum Gasteiger partial charge on any atom is 0.223 e. The molecule has 0 amide bonds. The Morgan fingerprint density at radius 2 is 2.38 bits per heavy atom. The summed E-state index contributed by atoms with van der Waals surface area (Å²) in [5.74, 6) is -1.13. The number of rotatable bonds is 3. The normalized spacial score (nSPS) is 9.62. The van der Waals surface area contributed by atoms with Gasteiger partial charge >= 0.3 is 0 Å². The van der Waals surface area contributed by atoms with Gasteiger partial charge in [-0.15, -0.1) is 0 Å². The second kappa shape index (κ2) is 3.70. The van der Waals surface area contributed by atoms with E-state index < -0.39 is 12.6 Å². The topological polar surface area (TPSA) is 101 Å². The highest BCUT2D eigenvalue weighted by Gasteiger charge is 1.99. The van der Waals surface area contributed by atoms with Gasteiger partial charge in [0.15, 0.2) is 0 Å². The highest BCUT2D eigenvalue weighted by atomic mass is 16.5. The maximum absolute atomic E-state index is 10.0.